The Bertz CT molecular complexity index is 333. The van der Waals surface area contributed by atoms with E-state index < -0.39 is 5.82 Å². The number of benzene rings is 1. The summed E-state index contributed by atoms with van der Waals surface area (Å²) in [4.78, 5) is 0. The van der Waals surface area contributed by atoms with Crippen LogP contribution in [0.3, 0.4) is 0 Å². The highest BCUT2D eigenvalue weighted by molar-refractivity contribution is 6.30. The van der Waals surface area contributed by atoms with Gasteiger partial charge in [0.25, 0.3) is 0 Å². The molecule has 0 aliphatic carbocycles. The molecule has 0 saturated heterocycles. The van der Waals surface area contributed by atoms with Crippen molar-refractivity contribution in [2.24, 2.45) is 0 Å². The van der Waals surface area contributed by atoms with E-state index in [4.69, 9.17) is 16.3 Å². The molecule has 0 unspecified atom stereocenters. The topological polar surface area (TPSA) is 21.3 Å². The van der Waals surface area contributed by atoms with Gasteiger partial charge < -0.3 is 10.1 Å². The molecule has 4 heteroatoms. The molecule has 0 radical (unpaired) electrons. The summed E-state index contributed by atoms with van der Waals surface area (Å²) in [6.45, 7) is 4.55. The van der Waals surface area contributed by atoms with E-state index in [0.717, 1.165) is 13.1 Å². The van der Waals surface area contributed by atoms with Crippen LogP contribution in [0.5, 0.6) is 5.75 Å². The molecule has 1 rings (SSSR count). The Morgan fingerprint density at radius 3 is 2.82 bits per heavy atom. The van der Waals surface area contributed by atoms with Gasteiger partial charge in [-0.1, -0.05) is 31.4 Å². The van der Waals surface area contributed by atoms with Crippen molar-refractivity contribution in [3.8, 4) is 5.75 Å². The second-order valence-electron chi connectivity index (χ2n) is 3.88. The Hall–Kier alpha value is -0.800. The lowest BCUT2D eigenvalue weighted by Gasteiger charge is -2.07. The third kappa shape index (κ3) is 5.89. The first-order valence-electron chi connectivity index (χ1n) is 6.02. The van der Waals surface area contributed by atoms with Crippen LogP contribution in [0.4, 0.5) is 4.39 Å². The van der Waals surface area contributed by atoms with Gasteiger partial charge in [0.15, 0.2) is 0 Å². The number of nitrogens with one attached hydrogen (secondary N) is 1. The predicted octanol–water partition coefficient (Wildman–Crippen LogP) is 3.64. The average molecular weight is 260 g/mol. The maximum atomic E-state index is 12.9. The molecule has 0 saturated carbocycles. The minimum Gasteiger partial charge on any atom is -0.492 e. The molecule has 0 aromatic heterocycles. The molecular weight excluding hydrogens is 241 g/mol. The zero-order valence-corrected chi connectivity index (χ0v) is 10.9. The summed E-state index contributed by atoms with van der Waals surface area (Å²) in [5.74, 6) is 0.184. The second-order valence-corrected chi connectivity index (χ2v) is 4.29. The minimum absolute atomic E-state index is 0.0957. The third-order valence-electron chi connectivity index (χ3n) is 2.40. The fourth-order valence-electron chi connectivity index (χ4n) is 1.43. The van der Waals surface area contributed by atoms with E-state index in [1.165, 1.54) is 31.4 Å². The van der Waals surface area contributed by atoms with Gasteiger partial charge >= 0.3 is 0 Å². The van der Waals surface area contributed by atoms with Gasteiger partial charge in [-0.3, -0.25) is 0 Å². The smallest absolute Gasteiger partial charge is 0.142 e. The molecule has 1 N–H and O–H groups in total. The van der Waals surface area contributed by atoms with Crippen LogP contribution in [0.2, 0.25) is 5.02 Å². The SMILES string of the molecule is CCCCCNCCOc1ccc(F)c(Cl)c1. The Labute approximate surface area is 107 Å². The first-order chi connectivity index (χ1) is 8.24. The average Bonchev–Trinajstić information content (AvgIpc) is 2.32. The van der Waals surface area contributed by atoms with Gasteiger partial charge in [0, 0.05) is 12.6 Å². The zero-order valence-electron chi connectivity index (χ0n) is 10.1. The van der Waals surface area contributed by atoms with Crippen LogP contribution < -0.4 is 10.1 Å². The molecular formula is C13H19ClFNO. The summed E-state index contributed by atoms with van der Waals surface area (Å²) in [6, 6.07) is 4.39. The summed E-state index contributed by atoms with van der Waals surface area (Å²) in [5, 5.41) is 3.38. The van der Waals surface area contributed by atoms with Crippen LogP contribution in [-0.4, -0.2) is 19.7 Å². The Morgan fingerprint density at radius 2 is 2.12 bits per heavy atom. The Kier molecular flexibility index (Phi) is 6.97. The summed E-state index contributed by atoms with van der Waals surface area (Å²) in [6.07, 6.45) is 3.67. The van der Waals surface area contributed by atoms with E-state index in [9.17, 15) is 4.39 Å². The zero-order chi connectivity index (χ0) is 12.5. The molecule has 0 atom stereocenters. The van der Waals surface area contributed by atoms with Gasteiger partial charge in [0.1, 0.15) is 18.2 Å². The summed E-state index contributed by atoms with van der Waals surface area (Å²) in [7, 11) is 0. The monoisotopic (exact) mass is 259 g/mol. The normalized spacial score (nSPS) is 10.5. The molecule has 0 heterocycles. The van der Waals surface area contributed by atoms with E-state index in [0.29, 0.717) is 12.4 Å². The van der Waals surface area contributed by atoms with Gasteiger partial charge in [0.2, 0.25) is 0 Å². The lowest BCUT2D eigenvalue weighted by Crippen LogP contribution is -2.22. The number of ether oxygens (including phenoxy) is 1. The van der Waals surface area contributed by atoms with E-state index in [2.05, 4.69) is 12.2 Å². The van der Waals surface area contributed by atoms with E-state index in [1.54, 1.807) is 6.07 Å². The summed E-state index contributed by atoms with van der Waals surface area (Å²) >= 11 is 5.64. The van der Waals surface area contributed by atoms with Crippen molar-refractivity contribution in [3.63, 3.8) is 0 Å². The van der Waals surface area contributed by atoms with Crippen molar-refractivity contribution >= 4 is 11.6 Å². The van der Waals surface area contributed by atoms with Crippen LogP contribution in [0.15, 0.2) is 18.2 Å². The summed E-state index contributed by atoms with van der Waals surface area (Å²) < 4.78 is 18.3. The quantitative estimate of drug-likeness (QED) is 0.720. The highest BCUT2D eigenvalue weighted by Crippen LogP contribution is 2.20. The van der Waals surface area contributed by atoms with Crippen molar-refractivity contribution in [2.75, 3.05) is 19.7 Å². The molecule has 0 bridgehead atoms. The first kappa shape index (κ1) is 14.3. The minimum atomic E-state index is -0.420. The maximum absolute atomic E-state index is 12.9. The van der Waals surface area contributed by atoms with E-state index >= 15 is 0 Å². The third-order valence-corrected chi connectivity index (χ3v) is 2.69. The standard InChI is InChI=1S/C13H19ClFNO/c1-2-3-4-7-16-8-9-17-11-5-6-13(15)12(14)10-11/h5-6,10,16H,2-4,7-9H2,1H3. The van der Waals surface area contributed by atoms with Crippen molar-refractivity contribution in [1.29, 1.82) is 0 Å². The molecule has 2 nitrogen and oxygen atoms in total. The molecule has 96 valence electrons. The number of hydrogen-bond donors (Lipinski definition) is 1. The predicted molar refractivity (Wildman–Crippen MR) is 69.3 cm³/mol. The number of unbranched alkanes of at least 4 members (excludes halogenated alkanes) is 2. The molecule has 0 fully saturated rings. The number of hydrogen-bond acceptors (Lipinski definition) is 2. The van der Waals surface area contributed by atoms with Crippen molar-refractivity contribution in [3.05, 3.63) is 29.0 Å². The lowest BCUT2D eigenvalue weighted by atomic mass is 10.2. The Balaban J connectivity index is 2.11. The molecule has 0 amide bonds. The molecule has 0 aliphatic heterocycles. The molecule has 1 aromatic carbocycles. The van der Waals surface area contributed by atoms with Crippen molar-refractivity contribution in [2.45, 2.75) is 26.2 Å². The highest BCUT2D eigenvalue weighted by atomic mass is 35.5. The van der Waals surface area contributed by atoms with E-state index in [1.807, 2.05) is 0 Å². The second kappa shape index (κ2) is 8.31. The molecule has 17 heavy (non-hydrogen) atoms. The van der Waals surface area contributed by atoms with Crippen molar-refractivity contribution < 1.29 is 9.13 Å². The van der Waals surface area contributed by atoms with Crippen LogP contribution in [0, 0.1) is 5.82 Å². The largest absolute Gasteiger partial charge is 0.492 e. The van der Waals surface area contributed by atoms with Gasteiger partial charge in [-0.05, 0) is 25.1 Å². The number of rotatable bonds is 8. The van der Waals surface area contributed by atoms with Gasteiger partial charge in [0.05, 0.1) is 5.02 Å². The molecule has 1 aromatic rings. The fraction of sp³-hybridized carbons (Fsp3) is 0.538. The molecule has 0 spiro atoms. The number of halogens is 2. The highest BCUT2D eigenvalue weighted by Gasteiger charge is 2.01. The van der Waals surface area contributed by atoms with Gasteiger partial charge in [-0.15, -0.1) is 0 Å². The lowest BCUT2D eigenvalue weighted by molar-refractivity contribution is 0.313. The maximum Gasteiger partial charge on any atom is 0.142 e. The van der Waals surface area contributed by atoms with Gasteiger partial charge in [-0.2, -0.15) is 0 Å². The van der Waals surface area contributed by atoms with Crippen LogP contribution in [0.25, 0.3) is 0 Å². The summed E-state index contributed by atoms with van der Waals surface area (Å²) in [5.41, 5.74) is 0. The first-order valence-corrected chi connectivity index (χ1v) is 6.40. The molecule has 0 aliphatic rings. The van der Waals surface area contributed by atoms with Crippen LogP contribution in [0.1, 0.15) is 26.2 Å². The fourth-order valence-corrected chi connectivity index (χ4v) is 1.60. The van der Waals surface area contributed by atoms with Crippen LogP contribution in [-0.2, 0) is 0 Å². The van der Waals surface area contributed by atoms with E-state index in [-0.39, 0.29) is 5.02 Å². The van der Waals surface area contributed by atoms with Crippen molar-refractivity contribution in [1.82, 2.24) is 5.32 Å². The Morgan fingerprint density at radius 1 is 1.29 bits per heavy atom. The van der Waals surface area contributed by atoms with Gasteiger partial charge in [-0.25, -0.2) is 4.39 Å². The van der Waals surface area contributed by atoms with Crippen LogP contribution >= 0.6 is 11.6 Å².